The number of ether oxygens (including phenoxy) is 1. The number of hydrogen-bond donors (Lipinski definition) is 2. The van der Waals surface area contributed by atoms with Crippen molar-refractivity contribution >= 4 is 23.6 Å². The highest BCUT2D eigenvalue weighted by Gasteiger charge is 2.44. The lowest BCUT2D eigenvalue weighted by Gasteiger charge is -2.35. The fourth-order valence-electron chi connectivity index (χ4n) is 2.93. The van der Waals surface area contributed by atoms with Gasteiger partial charge in [-0.25, -0.2) is 4.79 Å². The number of nitrogens with zero attached hydrogens (tertiary/aromatic N) is 1. The average Bonchev–Trinajstić information content (AvgIpc) is 3.11. The Balaban J connectivity index is 3.28. The van der Waals surface area contributed by atoms with Crippen LogP contribution in [0.5, 0.6) is 0 Å². The molecule has 1 aliphatic rings. The molecule has 1 heterocycles. The summed E-state index contributed by atoms with van der Waals surface area (Å²) in [7, 11) is 0. The van der Waals surface area contributed by atoms with E-state index < -0.39 is 47.6 Å². The number of nitrogens with one attached hydrogen (secondary N) is 1. The number of ketones is 1. The first-order valence-electron chi connectivity index (χ1n) is 9.20. The minimum Gasteiger partial charge on any atom is -0.460 e. The summed E-state index contributed by atoms with van der Waals surface area (Å²) in [6.07, 6.45) is 1.37. The first kappa shape index (κ1) is 22.2. The SMILES string of the molecule is CCOC(=O)C(=O)C(C(C)C)N(C(=O)[C@@H]1CCCN1)C(=O)[C@@H](N)C(C)C. The average molecular weight is 369 g/mol. The van der Waals surface area contributed by atoms with Gasteiger partial charge in [0.1, 0.15) is 6.04 Å². The van der Waals surface area contributed by atoms with Gasteiger partial charge in [-0.05, 0) is 38.1 Å². The van der Waals surface area contributed by atoms with E-state index in [2.05, 4.69) is 5.32 Å². The van der Waals surface area contributed by atoms with Crippen LogP contribution in [0.1, 0.15) is 47.5 Å². The van der Waals surface area contributed by atoms with Crippen molar-refractivity contribution in [3.05, 3.63) is 0 Å². The van der Waals surface area contributed by atoms with E-state index in [1.54, 1.807) is 34.6 Å². The van der Waals surface area contributed by atoms with Crippen molar-refractivity contribution in [2.24, 2.45) is 17.6 Å². The maximum atomic E-state index is 13.0. The predicted molar refractivity (Wildman–Crippen MR) is 96.0 cm³/mol. The highest BCUT2D eigenvalue weighted by molar-refractivity contribution is 6.36. The van der Waals surface area contributed by atoms with Crippen LogP contribution in [0.4, 0.5) is 0 Å². The molecule has 0 aliphatic carbocycles. The maximum absolute atomic E-state index is 13.0. The van der Waals surface area contributed by atoms with Gasteiger partial charge < -0.3 is 15.8 Å². The van der Waals surface area contributed by atoms with E-state index in [-0.39, 0.29) is 12.5 Å². The largest absolute Gasteiger partial charge is 0.460 e. The van der Waals surface area contributed by atoms with Crippen LogP contribution in [0.3, 0.4) is 0 Å². The molecule has 148 valence electrons. The Kier molecular flexibility index (Phi) is 8.36. The van der Waals surface area contributed by atoms with E-state index in [0.29, 0.717) is 13.0 Å². The summed E-state index contributed by atoms with van der Waals surface area (Å²) in [6.45, 7) is 9.16. The van der Waals surface area contributed by atoms with Crippen LogP contribution in [0.2, 0.25) is 0 Å². The van der Waals surface area contributed by atoms with Crippen LogP contribution in [0.25, 0.3) is 0 Å². The van der Waals surface area contributed by atoms with Crippen molar-refractivity contribution in [1.82, 2.24) is 10.2 Å². The second-order valence-electron chi connectivity index (χ2n) is 7.24. The number of carbonyl (C=O) groups excluding carboxylic acids is 4. The number of imide groups is 1. The maximum Gasteiger partial charge on any atom is 0.376 e. The fraction of sp³-hybridized carbons (Fsp3) is 0.778. The first-order valence-corrected chi connectivity index (χ1v) is 9.20. The van der Waals surface area contributed by atoms with Crippen LogP contribution in [0.15, 0.2) is 0 Å². The molecule has 8 heteroatoms. The predicted octanol–water partition coefficient (Wildman–Crippen LogP) is 0.234. The molecule has 3 atom stereocenters. The van der Waals surface area contributed by atoms with E-state index in [1.807, 2.05) is 0 Å². The third kappa shape index (κ3) is 5.11. The zero-order valence-corrected chi connectivity index (χ0v) is 16.3. The highest BCUT2D eigenvalue weighted by Crippen LogP contribution is 2.20. The Morgan fingerprint density at radius 2 is 1.77 bits per heavy atom. The number of esters is 1. The van der Waals surface area contributed by atoms with Crippen molar-refractivity contribution in [1.29, 1.82) is 0 Å². The van der Waals surface area contributed by atoms with Gasteiger partial charge in [0, 0.05) is 0 Å². The summed E-state index contributed by atoms with van der Waals surface area (Å²) in [5, 5.41) is 3.04. The smallest absolute Gasteiger partial charge is 0.376 e. The molecule has 3 N–H and O–H groups in total. The Morgan fingerprint density at radius 1 is 1.15 bits per heavy atom. The van der Waals surface area contributed by atoms with Gasteiger partial charge in [-0.1, -0.05) is 27.7 Å². The summed E-state index contributed by atoms with van der Waals surface area (Å²) in [6, 6.07) is -2.74. The van der Waals surface area contributed by atoms with Crippen LogP contribution in [-0.4, -0.2) is 59.7 Å². The quantitative estimate of drug-likeness (QED) is 0.464. The van der Waals surface area contributed by atoms with Gasteiger partial charge in [0.15, 0.2) is 0 Å². The number of hydrogen-bond acceptors (Lipinski definition) is 7. The van der Waals surface area contributed by atoms with E-state index in [4.69, 9.17) is 10.5 Å². The van der Waals surface area contributed by atoms with Gasteiger partial charge in [0.25, 0.3) is 5.78 Å². The van der Waals surface area contributed by atoms with Crippen molar-refractivity contribution in [2.75, 3.05) is 13.2 Å². The third-order valence-electron chi connectivity index (χ3n) is 4.49. The molecule has 0 aromatic rings. The molecule has 0 bridgehead atoms. The molecule has 8 nitrogen and oxygen atoms in total. The molecule has 0 aromatic carbocycles. The molecule has 0 saturated carbocycles. The van der Waals surface area contributed by atoms with Crippen LogP contribution >= 0.6 is 0 Å². The summed E-state index contributed by atoms with van der Waals surface area (Å²) < 4.78 is 4.79. The summed E-state index contributed by atoms with van der Waals surface area (Å²) in [4.78, 5) is 51.5. The normalized spacial score (nSPS) is 19.3. The molecule has 1 saturated heterocycles. The number of carbonyl (C=O) groups is 4. The Morgan fingerprint density at radius 3 is 2.19 bits per heavy atom. The number of Topliss-reactive ketones (excluding diaryl/α,β-unsaturated/α-hetero) is 1. The van der Waals surface area contributed by atoms with Crippen molar-refractivity contribution in [2.45, 2.75) is 65.6 Å². The molecule has 0 spiro atoms. The zero-order chi connectivity index (χ0) is 20.0. The van der Waals surface area contributed by atoms with Gasteiger partial charge >= 0.3 is 5.97 Å². The van der Waals surface area contributed by atoms with Crippen LogP contribution in [-0.2, 0) is 23.9 Å². The van der Waals surface area contributed by atoms with Crippen molar-refractivity contribution in [3.8, 4) is 0 Å². The number of amides is 2. The Bertz CT molecular complexity index is 527. The number of nitrogens with two attached hydrogens (primary N) is 1. The lowest BCUT2D eigenvalue weighted by Crippen LogP contribution is -2.61. The first-order chi connectivity index (χ1) is 12.1. The molecule has 0 radical (unpaired) electrons. The second kappa shape index (κ2) is 9.78. The standard InChI is InChI=1S/C18H31N3O5/c1-6-26-18(25)15(22)14(11(4)5)21(17(24)13(19)10(2)3)16(23)12-8-7-9-20-12/h10-14,20H,6-9,19H2,1-5H3/t12-,13-,14?/m0/s1. The number of rotatable bonds is 8. The molecule has 1 aliphatic heterocycles. The van der Waals surface area contributed by atoms with Gasteiger partial charge in [0.05, 0.1) is 18.7 Å². The van der Waals surface area contributed by atoms with Gasteiger partial charge in [-0.3, -0.25) is 19.3 Å². The fourth-order valence-corrected chi connectivity index (χ4v) is 2.93. The topological polar surface area (TPSA) is 119 Å². The molecule has 1 unspecified atom stereocenters. The van der Waals surface area contributed by atoms with E-state index >= 15 is 0 Å². The monoisotopic (exact) mass is 369 g/mol. The molecule has 1 rings (SSSR count). The molecular weight excluding hydrogens is 338 g/mol. The molecule has 2 amide bonds. The van der Waals surface area contributed by atoms with Gasteiger partial charge in [-0.15, -0.1) is 0 Å². The zero-order valence-electron chi connectivity index (χ0n) is 16.3. The van der Waals surface area contributed by atoms with Crippen molar-refractivity contribution < 1.29 is 23.9 Å². The van der Waals surface area contributed by atoms with Gasteiger partial charge in [-0.2, -0.15) is 0 Å². The van der Waals surface area contributed by atoms with Crippen LogP contribution in [0, 0.1) is 11.8 Å². The highest BCUT2D eigenvalue weighted by atomic mass is 16.5. The molecule has 0 aromatic heterocycles. The Labute approximate surface area is 154 Å². The minimum atomic E-state index is -1.23. The lowest BCUT2D eigenvalue weighted by atomic mass is 9.94. The summed E-state index contributed by atoms with van der Waals surface area (Å²) >= 11 is 0. The summed E-state index contributed by atoms with van der Waals surface area (Å²) in [5.74, 6) is -3.79. The molecular formula is C18H31N3O5. The Hall–Kier alpha value is -1.80. The van der Waals surface area contributed by atoms with Crippen molar-refractivity contribution in [3.63, 3.8) is 0 Å². The van der Waals surface area contributed by atoms with Crippen LogP contribution < -0.4 is 11.1 Å². The third-order valence-corrected chi connectivity index (χ3v) is 4.49. The second-order valence-corrected chi connectivity index (χ2v) is 7.24. The summed E-state index contributed by atoms with van der Waals surface area (Å²) in [5.41, 5.74) is 5.98. The molecule has 1 fully saturated rings. The van der Waals surface area contributed by atoms with E-state index in [9.17, 15) is 19.2 Å². The lowest BCUT2D eigenvalue weighted by molar-refractivity contribution is -0.162. The minimum absolute atomic E-state index is 0.0347. The molecule has 26 heavy (non-hydrogen) atoms. The van der Waals surface area contributed by atoms with Gasteiger partial charge in [0.2, 0.25) is 11.8 Å². The van der Waals surface area contributed by atoms with E-state index in [0.717, 1.165) is 11.3 Å². The van der Waals surface area contributed by atoms with E-state index in [1.165, 1.54) is 0 Å².